The molecule has 0 saturated heterocycles. The van der Waals surface area contributed by atoms with Crippen molar-refractivity contribution in [3.8, 4) is 0 Å². The van der Waals surface area contributed by atoms with Crippen molar-refractivity contribution < 1.29 is 9.59 Å². The lowest BCUT2D eigenvalue weighted by molar-refractivity contribution is -0.139. The Labute approximate surface area is 156 Å². The van der Waals surface area contributed by atoms with Crippen LogP contribution >= 0.6 is 0 Å². The molecule has 4 heteroatoms. The average molecular weight is 352 g/mol. The van der Waals surface area contributed by atoms with E-state index in [9.17, 15) is 9.59 Å². The van der Waals surface area contributed by atoms with Crippen LogP contribution in [0.25, 0.3) is 0 Å². The Morgan fingerprint density at radius 1 is 1.04 bits per heavy atom. The first-order valence-electron chi connectivity index (χ1n) is 8.94. The number of rotatable bonds is 6. The van der Waals surface area contributed by atoms with Crippen LogP contribution in [-0.4, -0.2) is 29.8 Å². The van der Waals surface area contributed by atoms with Crippen molar-refractivity contribution in [3.05, 3.63) is 70.3 Å². The van der Waals surface area contributed by atoms with Crippen molar-refractivity contribution in [2.24, 2.45) is 0 Å². The van der Waals surface area contributed by atoms with E-state index in [1.54, 1.807) is 18.9 Å². The van der Waals surface area contributed by atoms with Gasteiger partial charge < -0.3 is 10.2 Å². The second-order valence-electron chi connectivity index (χ2n) is 6.91. The lowest BCUT2D eigenvalue weighted by Crippen LogP contribution is -2.47. The molecule has 1 N–H and O–H groups in total. The quantitative estimate of drug-likeness (QED) is 0.867. The average Bonchev–Trinajstić information content (AvgIpc) is 2.58. The van der Waals surface area contributed by atoms with E-state index in [-0.39, 0.29) is 18.2 Å². The maximum absolute atomic E-state index is 13.1. The number of amides is 2. The molecule has 138 valence electrons. The number of carbonyl (C=O) groups excluding carboxylic acids is 2. The third-order valence-corrected chi connectivity index (χ3v) is 4.65. The first-order valence-corrected chi connectivity index (χ1v) is 8.94. The van der Waals surface area contributed by atoms with Crippen molar-refractivity contribution >= 4 is 11.8 Å². The van der Waals surface area contributed by atoms with Crippen LogP contribution < -0.4 is 5.32 Å². The third kappa shape index (κ3) is 4.94. The Balaban J connectivity index is 2.28. The molecule has 0 radical (unpaired) electrons. The minimum absolute atomic E-state index is 0.0469. The summed E-state index contributed by atoms with van der Waals surface area (Å²) < 4.78 is 0. The Morgan fingerprint density at radius 3 is 2.23 bits per heavy atom. The highest BCUT2D eigenvalue weighted by molar-refractivity contribution is 5.88. The SMILES string of the molecule is CNC(=O)[C@H](C)N(Cc1ccccc1C)C(=O)Cc1cc(C)cc(C)c1. The molecule has 0 unspecified atom stereocenters. The second kappa shape index (κ2) is 8.65. The maximum atomic E-state index is 13.1. The number of nitrogens with zero attached hydrogens (tertiary/aromatic N) is 1. The van der Waals surface area contributed by atoms with Gasteiger partial charge in [-0.25, -0.2) is 0 Å². The highest BCUT2D eigenvalue weighted by Gasteiger charge is 2.25. The van der Waals surface area contributed by atoms with Gasteiger partial charge in [0.15, 0.2) is 0 Å². The van der Waals surface area contributed by atoms with Crippen molar-refractivity contribution in [3.63, 3.8) is 0 Å². The molecular weight excluding hydrogens is 324 g/mol. The molecule has 0 aliphatic heterocycles. The summed E-state index contributed by atoms with van der Waals surface area (Å²) in [7, 11) is 1.60. The number of nitrogens with one attached hydrogen (secondary N) is 1. The zero-order chi connectivity index (χ0) is 19.3. The number of likely N-dealkylation sites (N-methyl/N-ethyl adjacent to an activating group) is 1. The van der Waals surface area contributed by atoms with Gasteiger partial charge in [0.25, 0.3) is 0 Å². The van der Waals surface area contributed by atoms with Gasteiger partial charge in [-0.3, -0.25) is 9.59 Å². The highest BCUT2D eigenvalue weighted by atomic mass is 16.2. The summed E-state index contributed by atoms with van der Waals surface area (Å²) >= 11 is 0. The van der Waals surface area contributed by atoms with Crippen LogP contribution in [0.2, 0.25) is 0 Å². The molecule has 0 spiro atoms. The summed E-state index contributed by atoms with van der Waals surface area (Å²) in [6.07, 6.45) is 0.287. The summed E-state index contributed by atoms with van der Waals surface area (Å²) in [5.74, 6) is -0.207. The van der Waals surface area contributed by atoms with E-state index in [0.29, 0.717) is 6.54 Å². The Bertz CT molecular complexity index is 778. The minimum atomic E-state index is -0.530. The minimum Gasteiger partial charge on any atom is -0.357 e. The third-order valence-electron chi connectivity index (χ3n) is 4.65. The predicted molar refractivity (Wildman–Crippen MR) is 105 cm³/mol. The van der Waals surface area contributed by atoms with Gasteiger partial charge in [0, 0.05) is 13.6 Å². The summed E-state index contributed by atoms with van der Waals surface area (Å²) in [4.78, 5) is 26.9. The van der Waals surface area contributed by atoms with E-state index < -0.39 is 6.04 Å². The number of benzene rings is 2. The van der Waals surface area contributed by atoms with E-state index >= 15 is 0 Å². The standard InChI is InChI=1S/C22H28N2O2/c1-15-10-16(2)12-19(11-15)13-21(25)24(18(4)22(26)23-5)14-20-9-7-6-8-17(20)3/h6-12,18H,13-14H2,1-5H3,(H,23,26)/t18-/m0/s1. The summed E-state index contributed by atoms with van der Waals surface area (Å²) in [5, 5.41) is 2.65. The molecule has 0 saturated carbocycles. The first-order chi connectivity index (χ1) is 12.3. The van der Waals surface area contributed by atoms with Gasteiger partial charge in [0.05, 0.1) is 6.42 Å². The van der Waals surface area contributed by atoms with Crippen molar-refractivity contribution in [1.82, 2.24) is 10.2 Å². The fourth-order valence-corrected chi connectivity index (χ4v) is 3.21. The largest absolute Gasteiger partial charge is 0.357 e. The zero-order valence-electron chi connectivity index (χ0n) is 16.3. The van der Waals surface area contributed by atoms with Crippen LogP contribution in [0.1, 0.15) is 34.7 Å². The lowest BCUT2D eigenvalue weighted by Gasteiger charge is -2.29. The predicted octanol–water partition coefficient (Wildman–Crippen LogP) is 3.32. The molecule has 4 nitrogen and oxygen atoms in total. The van der Waals surface area contributed by atoms with Crippen LogP contribution in [0.3, 0.4) is 0 Å². The van der Waals surface area contributed by atoms with Crippen LogP contribution in [0, 0.1) is 20.8 Å². The molecule has 0 fully saturated rings. The first kappa shape index (κ1) is 19.7. The van der Waals surface area contributed by atoms with Crippen LogP contribution in [-0.2, 0) is 22.6 Å². The molecule has 0 aliphatic carbocycles. The highest BCUT2D eigenvalue weighted by Crippen LogP contribution is 2.16. The molecule has 2 aromatic carbocycles. The topological polar surface area (TPSA) is 49.4 Å². The molecule has 0 heterocycles. The summed E-state index contributed by atoms with van der Waals surface area (Å²) in [6, 6.07) is 13.6. The molecule has 2 aromatic rings. The van der Waals surface area contributed by atoms with E-state index in [1.807, 2.05) is 57.2 Å². The number of carbonyl (C=O) groups is 2. The zero-order valence-corrected chi connectivity index (χ0v) is 16.3. The normalized spacial score (nSPS) is 11.7. The van der Waals surface area contributed by atoms with E-state index in [2.05, 4.69) is 11.4 Å². The number of hydrogen-bond acceptors (Lipinski definition) is 2. The van der Waals surface area contributed by atoms with Gasteiger partial charge in [-0.1, -0.05) is 53.6 Å². The van der Waals surface area contributed by atoms with Crippen LogP contribution in [0.5, 0.6) is 0 Å². The maximum Gasteiger partial charge on any atom is 0.242 e. The Hall–Kier alpha value is -2.62. The second-order valence-corrected chi connectivity index (χ2v) is 6.91. The monoisotopic (exact) mass is 352 g/mol. The molecule has 0 aliphatic rings. The van der Waals surface area contributed by atoms with E-state index in [1.165, 1.54) is 0 Å². The Morgan fingerprint density at radius 2 is 1.65 bits per heavy atom. The van der Waals surface area contributed by atoms with Gasteiger partial charge >= 0.3 is 0 Å². The Kier molecular flexibility index (Phi) is 6.56. The number of hydrogen-bond donors (Lipinski definition) is 1. The van der Waals surface area contributed by atoms with Gasteiger partial charge in [-0.15, -0.1) is 0 Å². The van der Waals surface area contributed by atoms with Crippen molar-refractivity contribution in [1.29, 1.82) is 0 Å². The van der Waals surface area contributed by atoms with E-state index in [0.717, 1.165) is 27.8 Å². The number of aryl methyl sites for hydroxylation is 3. The van der Waals surface area contributed by atoms with Gasteiger partial charge in [-0.05, 0) is 44.4 Å². The fraction of sp³-hybridized carbons (Fsp3) is 0.364. The molecule has 2 amide bonds. The molecule has 1 atom stereocenters. The molecule has 2 rings (SSSR count). The molecular formula is C22H28N2O2. The molecule has 0 aromatic heterocycles. The van der Waals surface area contributed by atoms with Crippen molar-refractivity contribution in [2.45, 2.75) is 46.7 Å². The molecule has 0 bridgehead atoms. The molecule has 26 heavy (non-hydrogen) atoms. The smallest absolute Gasteiger partial charge is 0.242 e. The summed E-state index contributed by atoms with van der Waals surface area (Å²) in [5.41, 5.74) is 5.42. The summed E-state index contributed by atoms with van der Waals surface area (Å²) in [6.45, 7) is 8.27. The van der Waals surface area contributed by atoms with Crippen molar-refractivity contribution in [2.75, 3.05) is 7.05 Å². The van der Waals surface area contributed by atoms with Crippen LogP contribution in [0.4, 0.5) is 0 Å². The van der Waals surface area contributed by atoms with Crippen LogP contribution in [0.15, 0.2) is 42.5 Å². The fourth-order valence-electron chi connectivity index (χ4n) is 3.21. The van der Waals surface area contributed by atoms with Gasteiger partial charge in [-0.2, -0.15) is 0 Å². The van der Waals surface area contributed by atoms with Gasteiger partial charge in [0.1, 0.15) is 6.04 Å². The lowest BCUT2D eigenvalue weighted by atomic mass is 10.0. The van der Waals surface area contributed by atoms with Gasteiger partial charge in [0.2, 0.25) is 11.8 Å². The van der Waals surface area contributed by atoms with E-state index in [4.69, 9.17) is 0 Å².